The van der Waals surface area contributed by atoms with Crippen LogP contribution in [-0.4, -0.2) is 36.7 Å². The Labute approximate surface area is 175 Å². The SMILES string of the molecule is CCc1ccc(N2C[C@H](C(=O)OCC(=O)Nc3ccccc3C(C)=O)CC2=O)cc1. The van der Waals surface area contributed by atoms with E-state index in [-0.39, 0.29) is 24.7 Å². The van der Waals surface area contributed by atoms with Crippen LogP contribution in [-0.2, 0) is 25.5 Å². The Morgan fingerprint density at radius 3 is 2.47 bits per heavy atom. The van der Waals surface area contributed by atoms with Crippen molar-refractivity contribution in [3.05, 3.63) is 59.7 Å². The van der Waals surface area contributed by atoms with Gasteiger partial charge in [-0.05, 0) is 43.2 Å². The van der Waals surface area contributed by atoms with Gasteiger partial charge in [-0.3, -0.25) is 19.2 Å². The van der Waals surface area contributed by atoms with Gasteiger partial charge in [0.25, 0.3) is 5.91 Å². The molecule has 156 valence electrons. The summed E-state index contributed by atoms with van der Waals surface area (Å²) in [5.41, 5.74) is 2.65. The summed E-state index contributed by atoms with van der Waals surface area (Å²) in [6, 6.07) is 14.2. The number of nitrogens with zero attached hydrogens (tertiary/aromatic N) is 1. The number of carbonyl (C=O) groups is 4. The maximum Gasteiger partial charge on any atom is 0.311 e. The zero-order valence-corrected chi connectivity index (χ0v) is 17.0. The van der Waals surface area contributed by atoms with Crippen molar-refractivity contribution in [2.75, 3.05) is 23.4 Å². The molecule has 2 aromatic carbocycles. The molecule has 1 aliphatic rings. The molecule has 0 unspecified atom stereocenters. The summed E-state index contributed by atoms with van der Waals surface area (Å²) in [7, 11) is 0. The molecule has 7 heteroatoms. The highest BCUT2D eigenvalue weighted by atomic mass is 16.5. The monoisotopic (exact) mass is 408 g/mol. The second-order valence-corrected chi connectivity index (χ2v) is 7.18. The number of rotatable bonds is 7. The van der Waals surface area contributed by atoms with Crippen molar-refractivity contribution in [1.82, 2.24) is 0 Å². The van der Waals surface area contributed by atoms with E-state index in [0.29, 0.717) is 11.3 Å². The fourth-order valence-electron chi connectivity index (χ4n) is 3.37. The lowest BCUT2D eigenvalue weighted by molar-refractivity contribution is -0.151. The fourth-order valence-corrected chi connectivity index (χ4v) is 3.37. The maximum atomic E-state index is 12.4. The van der Waals surface area contributed by atoms with Gasteiger partial charge in [0, 0.05) is 24.2 Å². The second kappa shape index (κ2) is 9.35. The van der Waals surface area contributed by atoms with Gasteiger partial charge in [-0.25, -0.2) is 0 Å². The molecule has 1 aliphatic heterocycles. The van der Waals surface area contributed by atoms with E-state index in [2.05, 4.69) is 12.2 Å². The van der Waals surface area contributed by atoms with E-state index < -0.39 is 24.4 Å². The predicted molar refractivity (Wildman–Crippen MR) is 112 cm³/mol. The van der Waals surface area contributed by atoms with Gasteiger partial charge in [0.1, 0.15) is 0 Å². The van der Waals surface area contributed by atoms with Crippen LogP contribution in [0.15, 0.2) is 48.5 Å². The minimum atomic E-state index is -0.624. The van der Waals surface area contributed by atoms with Crippen LogP contribution in [0.3, 0.4) is 0 Å². The molecule has 0 aliphatic carbocycles. The maximum absolute atomic E-state index is 12.4. The summed E-state index contributed by atoms with van der Waals surface area (Å²) >= 11 is 0. The van der Waals surface area contributed by atoms with E-state index in [1.54, 1.807) is 29.2 Å². The minimum Gasteiger partial charge on any atom is -0.455 e. The number of carbonyl (C=O) groups excluding carboxylic acids is 4. The molecule has 0 bridgehead atoms. The molecule has 0 saturated carbocycles. The summed E-state index contributed by atoms with van der Waals surface area (Å²) in [6.45, 7) is 3.19. The van der Waals surface area contributed by atoms with Gasteiger partial charge in [0.15, 0.2) is 12.4 Å². The normalized spacial score (nSPS) is 15.7. The van der Waals surface area contributed by atoms with Crippen LogP contribution in [0.1, 0.15) is 36.2 Å². The average Bonchev–Trinajstić information content (AvgIpc) is 3.14. The Morgan fingerprint density at radius 2 is 1.80 bits per heavy atom. The van der Waals surface area contributed by atoms with Gasteiger partial charge < -0.3 is 15.0 Å². The number of benzene rings is 2. The number of anilines is 2. The molecule has 30 heavy (non-hydrogen) atoms. The molecule has 2 aromatic rings. The first-order chi connectivity index (χ1) is 14.4. The number of nitrogens with one attached hydrogen (secondary N) is 1. The van der Waals surface area contributed by atoms with Gasteiger partial charge in [-0.15, -0.1) is 0 Å². The van der Waals surface area contributed by atoms with Gasteiger partial charge >= 0.3 is 5.97 Å². The Morgan fingerprint density at radius 1 is 1.10 bits per heavy atom. The van der Waals surface area contributed by atoms with E-state index >= 15 is 0 Å². The van der Waals surface area contributed by atoms with Crippen LogP contribution in [0.5, 0.6) is 0 Å². The number of esters is 1. The molecule has 0 radical (unpaired) electrons. The van der Waals surface area contributed by atoms with Crippen molar-refractivity contribution in [1.29, 1.82) is 0 Å². The zero-order chi connectivity index (χ0) is 21.7. The molecule has 0 spiro atoms. The molecular formula is C23H24N2O5. The number of ketones is 1. The molecule has 1 fully saturated rings. The van der Waals surface area contributed by atoms with Crippen LogP contribution >= 0.6 is 0 Å². The summed E-state index contributed by atoms with van der Waals surface area (Å²) in [4.78, 5) is 50.0. The summed E-state index contributed by atoms with van der Waals surface area (Å²) in [5, 5.41) is 2.58. The van der Waals surface area contributed by atoms with Gasteiger partial charge in [0.2, 0.25) is 5.91 Å². The molecule has 2 amide bonds. The lowest BCUT2D eigenvalue weighted by Crippen LogP contribution is -2.28. The Balaban J connectivity index is 1.54. The number of hydrogen-bond acceptors (Lipinski definition) is 5. The average molecular weight is 408 g/mol. The van der Waals surface area contributed by atoms with E-state index in [0.717, 1.165) is 12.1 Å². The second-order valence-electron chi connectivity index (χ2n) is 7.18. The van der Waals surface area contributed by atoms with Gasteiger partial charge in [0.05, 0.1) is 11.6 Å². The summed E-state index contributed by atoms with van der Waals surface area (Å²) < 4.78 is 5.11. The Hall–Kier alpha value is -3.48. The van der Waals surface area contributed by atoms with Crippen LogP contribution < -0.4 is 10.2 Å². The van der Waals surface area contributed by atoms with E-state index in [1.165, 1.54) is 12.5 Å². The first-order valence-corrected chi connectivity index (χ1v) is 9.84. The van der Waals surface area contributed by atoms with Crippen molar-refractivity contribution in [2.24, 2.45) is 5.92 Å². The Bertz CT molecular complexity index is 968. The standard InChI is InChI=1S/C23H24N2O5/c1-3-16-8-10-18(11-9-16)25-13-17(12-22(25)28)23(29)30-14-21(27)24-20-7-5-4-6-19(20)15(2)26/h4-11,17H,3,12-14H2,1-2H3,(H,24,27)/t17-/m1/s1. The molecule has 0 aromatic heterocycles. The highest BCUT2D eigenvalue weighted by molar-refractivity contribution is 6.04. The van der Waals surface area contributed by atoms with Crippen LogP contribution in [0, 0.1) is 5.92 Å². The van der Waals surface area contributed by atoms with Crippen LogP contribution in [0.4, 0.5) is 11.4 Å². The van der Waals surface area contributed by atoms with Gasteiger partial charge in [-0.2, -0.15) is 0 Å². The third-order valence-electron chi connectivity index (χ3n) is 5.04. The highest BCUT2D eigenvalue weighted by Crippen LogP contribution is 2.26. The van der Waals surface area contributed by atoms with Crippen LogP contribution in [0.2, 0.25) is 0 Å². The molecule has 1 heterocycles. The fraction of sp³-hybridized carbons (Fsp3) is 0.304. The van der Waals surface area contributed by atoms with Crippen molar-refractivity contribution >= 4 is 34.9 Å². The van der Waals surface area contributed by atoms with Crippen molar-refractivity contribution in [3.63, 3.8) is 0 Å². The summed E-state index contributed by atoms with van der Waals surface area (Å²) in [5.74, 6) is -2.10. The lowest BCUT2D eigenvalue weighted by Gasteiger charge is -2.17. The first kappa shape index (κ1) is 21.2. The lowest BCUT2D eigenvalue weighted by atomic mass is 10.1. The van der Waals surface area contributed by atoms with Crippen molar-refractivity contribution in [2.45, 2.75) is 26.7 Å². The Kier molecular flexibility index (Phi) is 6.61. The predicted octanol–water partition coefficient (Wildman–Crippen LogP) is 2.99. The van der Waals surface area contributed by atoms with E-state index in [9.17, 15) is 19.2 Å². The number of aryl methyl sites for hydroxylation is 1. The molecule has 1 atom stereocenters. The molecular weight excluding hydrogens is 384 g/mol. The molecule has 1 N–H and O–H groups in total. The van der Waals surface area contributed by atoms with Crippen LogP contribution in [0.25, 0.3) is 0 Å². The van der Waals surface area contributed by atoms with E-state index in [1.807, 2.05) is 24.3 Å². The van der Waals surface area contributed by atoms with E-state index in [4.69, 9.17) is 4.74 Å². The third kappa shape index (κ3) is 4.92. The number of para-hydroxylation sites is 1. The van der Waals surface area contributed by atoms with Crippen molar-refractivity contribution in [3.8, 4) is 0 Å². The quantitative estimate of drug-likeness (QED) is 0.562. The smallest absolute Gasteiger partial charge is 0.311 e. The number of Topliss-reactive ketones (excluding diaryl/α,β-unsaturated/α-hetero) is 1. The first-order valence-electron chi connectivity index (χ1n) is 9.84. The topological polar surface area (TPSA) is 92.8 Å². The van der Waals surface area contributed by atoms with Crippen molar-refractivity contribution < 1.29 is 23.9 Å². The third-order valence-corrected chi connectivity index (χ3v) is 5.04. The largest absolute Gasteiger partial charge is 0.455 e. The highest BCUT2D eigenvalue weighted by Gasteiger charge is 2.36. The number of amides is 2. The minimum absolute atomic E-state index is 0.0448. The van der Waals surface area contributed by atoms with Gasteiger partial charge in [-0.1, -0.05) is 31.2 Å². The zero-order valence-electron chi connectivity index (χ0n) is 17.0. The molecule has 7 nitrogen and oxygen atoms in total. The molecule has 3 rings (SSSR count). The summed E-state index contributed by atoms with van der Waals surface area (Å²) in [6.07, 6.45) is 0.950. The number of ether oxygens (including phenoxy) is 1. The number of hydrogen-bond donors (Lipinski definition) is 1. The molecule has 1 saturated heterocycles.